The minimum atomic E-state index is -0.432. The van der Waals surface area contributed by atoms with Crippen molar-refractivity contribution in [2.24, 2.45) is 0 Å². The number of hydrogen-bond donors (Lipinski definition) is 2. The van der Waals surface area contributed by atoms with Gasteiger partial charge in [-0.1, -0.05) is 24.9 Å². The van der Waals surface area contributed by atoms with Crippen molar-refractivity contribution in [3.8, 4) is 17.6 Å². The van der Waals surface area contributed by atoms with E-state index < -0.39 is 5.91 Å². The summed E-state index contributed by atoms with van der Waals surface area (Å²) < 4.78 is 5.27. The number of nitriles is 1. The molecule has 118 valence electrons. The molecule has 0 saturated carbocycles. The number of ether oxygens (including phenoxy) is 1. The monoisotopic (exact) mass is 322 g/mol. The van der Waals surface area contributed by atoms with E-state index in [0.717, 1.165) is 12.8 Å². The molecule has 0 atom stereocenters. The summed E-state index contributed by atoms with van der Waals surface area (Å²) in [5, 5.41) is 21.7. The van der Waals surface area contributed by atoms with Crippen LogP contribution in [0.4, 0.5) is 0 Å². The summed E-state index contributed by atoms with van der Waals surface area (Å²) in [5.41, 5.74) is 0.480. The molecule has 1 amide bonds. The molecule has 0 aliphatic rings. The third kappa shape index (κ3) is 4.97. The molecule has 0 saturated heterocycles. The van der Waals surface area contributed by atoms with Crippen molar-refractivity contribution in [3.05, 3.63) is 28.3 Å². The molecule has 0 aliphatic heterocycles. The van der Waals surface area contributed by atoms with Gasteiger partial charge in [0.05, 0.1) is 11.6 Å². The van der Waals surface area contributed by atoms with Gasteiger partial charge < -0.3 is 15.2 Å². The minimum Gasteiger partial charge on any atom is -0.503 e. The number of phenols is 1. The first-order valence-corrected chi connectivity index (χ1v) is 7.46. The molecule has 0 heterocycles. The Hall–Kier alpha value is -2.19. The first kappa shape index (κ1) is 17.9. The Kier molecular flexibility index (Phi) is 7.27. The van der Waals surface area contributed by atoms with Crippen molar-refractivity contribution in [1.29, 1.82) is 5.26 Å². The van der Waals surface area contributed by atoms with Crippen LogP contribution in [0, 0.1) is 11.3 Å². The molecule has 0 aliphatic carbocycles. The second-order valence-electron chi connectivity index (χ2n) is 4.56. The van der Waals surface area contributed by atoms with Gasteiger partial charge in [0.1, 0.15) is 11.6 Å². The molecule has 0 unspecified atom stereocenters. The van der Waals surface area contributed by atoms with Crippen LogP contribution in [-0.4, -0.2) is 24.2 Å². The van der Waals surface area contributed by atoms with E-state index in [1.165, 1.54) is 18.2 Å². The van der Waals surface area contributed by atoms with E-state index in [2.05, 4.69) is 5.32 Å². The summed E-state index contributed by atoms with van der Waals surface area (Å²) in [6.45, 7) is 4.67. The molecule has 5 nitrogen and oxygen atoms in total. The molecule has 0 fully saturated rings. The number of unbranched alkanes of at least 4 members (excludes halogenated alkanes) is 1. The van der Waals surface area contributed by atoms with Crippen molar-refractivity contribution in [2.45, 2.75) is 26.7 Å². The van der Waals surface area contributed by atoms with E-state index in [4.69, 9.17) is 21.6 Å². The zero-order valence-electron chi connectivity index (χ0n) is 12.6. The maximum absolute atomic E-state index is 11.9. The summed E-state index contributed by atoms with van der Waals surface area (Å²) in [6.07, 6.45) is 3.22. The van der Waals surface area contributed by atoms with Crippen molar-refractivity contribution < 1.29 is 14.6 Å². The lowest BCUT2D eigenvalue weighted by Crippen LogP contribution is -2.25. The number of halogens is 1. The van der Waals surface area contributed by atoms with Gasteiger partial charge in [-0.05, 0) is 37.1 Å². The van der Waals surface area contributed by atoms with Crippen LogP contribution < -0.4 is 10.1 Å². The van der Waals surface area contributed by atoms with Crippen LogP contribution in [0.2, 0.25) is 5.02 Å². The van der Waals surface area contributed by atoms with Gasteiger partial charge in [0.15, 0.2) is 11.5 Å². The minimum absolute atomic E-state index is 0.0275. The van der Waals surface area contributed by atoms with Crippen LogP contribution in [-0.2, 0) is 4.79 Å². The number of aromatic hydroxyl groups is 1. The van der Waals surface area contributed by atoms with Crippen LogP contribution in [0.25, 0.3) is 6.08 Å². The van der Waals surface area contributed by atoms with Crippen molar-refractivity contribution >= 4 is 23.6 Å². The number of hydrogen-bond acceptors (Lipinski definition) is 4. The number of carbonyl (C=O) groups is 1. The molecule has 0 radical (unpaired) electrons. The number of rotatable bonds is 7. The van der Waals surface area contributed by atoms with E-state index in [-0.39, 0.29) is 22.1 Å². The molecule has 2 N–H and O–H groups in total. The molecular formula is C16H19ClN2O3. The largest absolute Gasteiger partial charge is 0.503 e. The van der Waals surface area contributed by atoms with Crippen LogP contribution in [0.1, 0.15) is 32.3 Å². The van der Waals surface area contributed by atoms with Gasteiger partial charge in [-0.15, -0.1) is 0 Å². The van der Waals surface area contributed by atoms with Gasteiger partial charge in [-0.3, -0.25) is 4.79 Å². The second-order valence-corrected chi connectivity index (χ2v) is 4.97. The average Bonchev–Trinajstić information content (AvgIpc) is 2.50. The molecule has 0 spiro atoms. The van der Waals surface area contributed by atoms with Crippen LogP contribution in [0.3, 0.4) is 0 Å². The Morgan fingerprint density at radius 1 is 1.50 bits per heavy atom. The first-order valence-electron chi connectivity index (χ1n) is 7.08. The van der Waals surface area contributed by atoms with Gasteiger partial charge in [-0.2, -0.15) is 5.26 Å². The number of carbonyl (C=O) groups excluding carboxylic acids is 1. The predicted octanol–water partition coefficient (Wildman–Crippen LogP) is 3.27. The number of benzene rings is 1. The maximum atomic E-state index is 11.9. The van der Waals surface area contributed by atoms with Gasteiger partial charge >= 0.3 is 0 Å². The fourth-order valence-corrected chi connectivity index (χ4v) is 1.95. The maximum Gasteiger partial charge on any atom is 0.261 e. The molecular weight excluding hydrogens is 304 g/mol. The van der Waals surface area contributed by atoms with Crippen molar-refractivity contribution in [2.75, 3.05) is 13.2 Å². The fraction of sp³-hybridized carbons (Fsp3) is 0.375. The summed E-state index contributed by atoms with van der Waals surface area (Å²) in [6, 6.07) is 4.86. The first-order chi connectivity index (χ1) is 10.5. The molecule has 1 rings (SSSR count). The van der Waals surface area contributed by atoms with Crippen molar-refractivity contribution in [3.63, 3.8) is 0 Å². The van der Waals surface area contributed by atoms with E-state index >= 15 is 0 Å². The predicted molar refractivity (Wildman–Crippen MR) is 85.8 cm³/mol. The highest BCUT2D eigenvalue weighted by atomic mass is 35.5. The highest BCUT2D eigenvalue weighted by Gasteiger charge is 2.12. The average molecular weight is 323 g/mol. The molecule has 6 heteroatoms. The topological polar surface area (TPSA) is 82.4 Å². The highest BCUT2D eigenvalue weighted by Crippen LogP contribution is 2.35. The molecule has 0 aromatic heterocycles. The van der Waals surface area contributed by atoms with E-state index in [9.17, 15) is 9.90 Å². The normalized spacial score (nSPS) is 10.9. The van der Waals surface area contributed by atoms with Crippen LogP contribution >= 0.6 is 11.6 Å². The quantitative estimate of drug-likeness (QED) is 0.458. The van der Waals surface area contributed by atoms with E-state index in [1.54, 1.807) is 6.92 Å². The lowest BCUT2D eigenvalue weighted by molar-refractivity contribution is -0.117. The smallest absolute Gasteiger partial charge is 0.261 e. The zero-order valence-corrected chi connectivity index (χ0v) is 13.4. The fourth-order valence-electron chi connectivity index (χ4n) is 1.73. The summed E-state index contributed by atoms with van der Waals surface area (Å²) >= 11 is 5.92. The van der Waals surface area contributed by atoms with Gasteiger partial charge in [0, 0.05) is 6.54 Å². The molecule has 1 aromatic rings. The lowest BCUT2D eigenvalue weighted by atomic mass is 10.1. The summed E-state index contributed by atoms with van der Waals surface area (Å²) in [7, 11) is 0. The van der Waals surface area contributed by atoms with Crippen LogP contribution in [0.5, 0.6) is 11.5 Å². The summed E-state index contributed by atoms with van der Waals surface area (Å²) in [5.74, 6) is -0.380. The lowest BCUT2D eigenvalue weighted by Gasteiger charge is -2.09. The molecule has 0 bridgehead atoms. The van der Waals surface area contributed by atoms with Gasteiger partial charge in [-0.25, -0.2) is 0 Å². The second kappa shape index (κ2) is 8.96. The third-order valence-corrected chi connectivity index (χ3v) is 3.13. The van der Waals surface area contributed by atoms with Crippen molar-refractivity contribution in [1.82, 2.24) is 5.32 Å². The standard InChI is InChI=1S/C16H19ClN2O3/c1-3-5-6-19-16(21)12(10-18)7-11-8-13(17)15(20)14(9-11)22-4-2/h7-9,20H,3-6H2,1-2H3,(H,19,21)/b12-7+. The highest BCUT2D eigenvalue weighted by molar-refractivity contribution is 6.32. The summed E-state index contributed by atoms with van der Waals surface area (Å²) in [4.78, 5) is 11.9. The zero-order chi connectivity index (χ0) is 16.5. The van der Waals surface area contributed by atoms with Gasteiger partial charge in [0.2, 0.25) is 0 Å². The molecule has 1 aromatic carbocycles. The number of phenolic OH excluding ortho intramolecular Hbond substituents is 1. The number of amides is 1. The van der Waals surface area contributed by atoms with Gasteiger partial charge in [0.25, 0.3) is 5.91 Å². The third-order valence-electron chi connectivity index (χ3n) is 2.84. The molecule has 22 heavy (non-hydrogen) atoms. The Morgan fingerprint density at radius 2 is 2.23 bits per heavy atom. The SMILES string of the molecule is CCCCNC(=O)/C(C#N)=C/c1cc(Cl)c(O)c(OCC)c1. The Labute approximate surface area is 135 Å². The van der Waals surface area contributed by atoms with E-state index in [1.807, 2.05) is 13.0 Å². The Morgan fingerprint density at radius 3 is 2.82 bits per heavy atom. The number of nitrogens with zero attached hydrogens (tertiary/aromatic N) is 1. The van der Waals surface area contributed by atoms with Crippen LogP contribution in [0.15, 0.2) is 17.7 Å². The Balaban J connectivity index is 3.02. The number of nitrogens with one attached hydrogen (secondary N) is 1. The van der Waals surface area contributed by atoms with E-state index in [0.29, 0.717) is 18.7 Å². The Bertz CT molecular complexity index is 606.